The van der Waals surface area contributed by atoms with Gasteiger partial charge in [-0.05, 0) is 116 Å². The van der Waals surface area contributed by atoms with Gasteiger partial charge in [-0.15, -0.1) is 0 Å². The lowest BCUT2D eigenvalue weighted by molar-refractivity contribution is -0.305. The normalized spacial score (nSPS) is 18.9. The Morgan fingerprint density at radius 2 is 0.809 bits per heavy atom. The van der Waals surface area contributed by atoms with Gasteiger partial charge in [-0.3, -0.25) is 9.59 Å². The van der Waals surface area contributed by atoms with Gasteiger partial charge in [-0.1, -0.05) is 296 Å². The van der Waals surface area contributed by atoms with Crippen LogP contribution in [0.4, 0.5) is 0 Å². The van der Waals surface area contributed by atoms with Crippen LogP contribution in [-0.2, 0) is 23.8 Å². The minimum Gasteiger partial charge on any atom is -0.454 e. The number of hydrogen-bond acceptors (Lipinski definition) is 10. The fourth-order valence-electron chi connectivity index (χ4n) is 10.7. The van der Waals surface area contributed by atoms with Crippen LogP contribution in [0, 0.1) is 0 Å². The summed E-state index contributed by atoms with van der Waals surface area (Å²) in [4.78, 5) is 26.7. The quantitative estimate of drug-likeness (QED) is 0.0195. The van der Waals surface area contributed by atoms with E-state index in [0.29, 0.717) is 12.8 Å². The molecule has 0 aromatic heterocycles. The molecule has 89 heavy (non-hydrogen) atoms. The zero-order chi connectivity index (χ0) is 64.6. The summed E-state index contributed by atoms with van der Waals surface area (Å²) in [6.45, 7) is 5.66. The average molecular weight is 1240 g/mol. The molecule has 0 aliphatic carbocycles. The molecule has 1 heterocycles. The minimum atomic E-state index is -1.63. The van der Waals surface area contributed by atoms with E-state index >= 15 is 0 Å². The highest BCUT2D eigenvalue weighted by Gasteiger charge is 2.47. The van der Waals surface area contributed by atoms with Gasteiger partial charge in [0.15, 0.2) is 12.4 Å². The van der Waals surface area contributed by atoms with E-state index in [9.17, 15) is 35.1 Å². The van der Waals surface area contributed by atoms with Crippen LogP contribution in [0.2, 0.25) is 0 Å². The Balaban J connectivity index is 2.60. The van der Waals surface area contributed by atoms with Crippen LogP contribution in [0.3, 0.4) is 0 Å². The second-order valence-corrected chi connectivity index (χ2v) is 24.6. The topological polar surface area (TPSA) is 175 Å². The summed E-state index contributed by atoms with van der Waals surface area (Å²) in [6, 6.07) is -1.04. The van der Waals surface area contributed by atoms with Crippen LogP contribution in [0.25, 0.3) is 0 Å². The average Bonchev–Trinajstić information content (AvgIpc) is 1.80. The van der Waals surface area contributed by atoms with Crippen LogP contribution < -0.4 is 5.32 Å². The summed E-state index contributed by atoms with van der Waals surface area (Å²) in [5.41, 5.74) is 0. The zero-order valence-corrected chi connectivity index (χ0v) is 56.8. The van der Waals surface area contributed by atoms with Crippen LogP contribution in [-0.4, -0.2) is 99.6 Å². The van der Waals surface area contributed by atoms with Crippen molar-refractivity contribution in [2.45, 2.75) is 346 Å². The number of carbonyl (C=O) groups is 2. The first-order valence-corrected chi connectivity index (χ1v) is 36.3. The SMILES string of the molecule is CC/C=C\C/C=C\C/C=C\C/C=C\C/C=C\CCCCCCCCCCCC(=O)OC1C(OCC(NC(=O)C(O)CCCCCCCC/C=C\C/C=C\C/C=C\C/C=C\CCCCC)C(O)/C=C/CCCCCCCCCCCCC)OC(CO)C(O)C1O. The molecule has 0 aromatic carbocycles. The van der Waals surface area contributed by atoms with E-state index in [2.05, 4.69) is 135 Å². The fraction of sp³-hybridized carbons (Fsp3) is 0.718. The third kappa shape index (κ3) is 51.3. The number of ether oxygens (including phenoxy) is 3. The van der Waals surface area contributed by atoms with Crippen LogP contribution in [0.15, 0.2) is 122 Å². The molecule has 11 nitrogen and oxygen atoms in total. The van der Waals surface area contributed by atoms with E-state index in [-0.39, 0.29) is 19.4 Å². The van der Waals surface area contributed by atoms with Gasteiger partial charge >= 0.3 is 5.97 Å². The third-order valence-electron chi connectivity index (χ3n) is 16.3. The first-order valence-electron chi connectivity index (χ1n) is 36.3. The van der Waals surface area contributed by atoms with Crippen molar-refractivity contribution in [2.24, 2.45) is 0 Å². The van der Waals surface area contributed by atoms with Crippen molar-refractivity contribution in [3.8, 4) is 0 Å². The Kier molecular flexibility index (Phi) is 59.9. The third-order valence-corrected chi connectivity index (χ3v) is 16.3. The molecule has 0 saturated carbocycles. The van der Waals surface area contributed by atoms with Gasteiger partial charge in [0, 0.05) is 6.42 Å². The predicted molar refractivity (Wildman–Crippen MR) is 374 cm³/mol. The highest BCUT2D eigenvalue weighted by molar-refractivity contribution is 5.80. The van der Waals surface area contributed by atoms with E-state index < -0.39 is 67.4 Å². The first kappa shape index (κ1) is 83.1. The van der Waals surface area contributed by atoms with Crippen molar-refractivity contribution in [3.05, 3.63) is 122 Å². The molecule has 8 unspecified atom stereocenters. The number of allylic oxidation sites excluding steroid dienone is 19. The molecule has 0 radical (unpaired) electrons. The Morgan fingerprint density at radius 1 is 0.449 bits per heavy atom. The largest absolute Gasteiger partial charge is 0.454 e. The van der Waals surface area contributed by atoms with Gasteiger partial charge in [0.05, 0.1) is 25.4 Å². The van der Waals surface area contributed by atoms with Crippen molar-refractivity contribution in [2.75, 3.05) is 13.2 Å². The molecule has 0 aromatic rings. The first-order chi connectivity index (χ1) is 43.7. The van der Waals surface area contributed by atoms with Gasteiger partial charge in [0.2, 0.25) is 5.91 Å². The van der Waals surface area contributed by atoms with Gasteiger partial charge in [0.25, 0.3) is 0 Å². The molecule has 6 N–H and O–H groups in total. The summed E-state index contributed by atoms with van der Waals surface area (Å²) < 4.78 is 17.7. The Bertz CT molecular complexity index is 1920. The molecular formula is C78H133NO10. The maximum absolute atomic E-state index is 13.5. The maximum atomic E-state index is 13.5. The molecule has 11 heteroatoms. The molecule has 1 aliphatic heterocycles. The van der Waals surface area contributed by atoms with E-state index in [1.54, 1.807) is 6.08 Å². The van der Waals surface area contributed by atoms with E-state index in [4.69, 9.17) is 14.2 Å². The zero-order valence-electron chi connectivity index (χ0n) is 56.8. The van der Waals surface area contributed by atoms with Crippen molar-refractivity contribution in [3.63, 3.8) is 0 Å². The highest BCUT2D eigenvalue weighted by Crippen LogP contribution is 2.26. The van der Waals surface area contributed by atoms with Crippen molar-refractivity contribution in [1.82, 2.24) is 5.32 Å². The monoisotopic (exact) mass is 1240 g/mol. The van der Waals surface area contributed by atoms with Gasteiger partial charge < -0.3 is 45.1 Å². The molecular weight excluding hydrogens is 1110 g/mol. The molecule has 0 spiro atoms. The minimum absolute atomic E-state index is 0.108. The van der Waals surface area contributed by atoms with Crippen molar-refractivity contribution < 1.29 is 49.3 Å². The number of amides is 1. The summed E-state index contributed by atoms with van der Waals surface area (Å²) in [5, 5.41) is 57.3. The smallest absolute Gasteiger partial charge is 0.306 e. The Morgan fingerprint density at radius 3 is 1.24 bits per heavy atom. The van der Waals surface area contributed by atoms with Gasteiger partial charge in [-0.25, -0.2) is 0 Å². The molecule has 1 fully saturated rings. The lowest BCUT2D eigenvalue weighted by Crippen LogP contribution is -2.61. The molecule has 0 bridgehead atoms. The van der Waals surface area contributed by atoms with Crippen LogP contribution >= 0.6 is 0 Å². The van der Waals surface area contributed by atoms with Crippen LogP contribution in [0.1, 0.15) is 297 Å². The van der Waals surface area contributed by atoms with Crippen molar-refractivity contribution in [1.29, 1.82) is 0 Å². The van der Waals surface area contributed by atoms with E-state index in [1.807, 2.05) is 6.08 Å². The number of rotatable bonds is 61. The number of unbranched alkanes of at least 4 members (excludes halogenated alkanes) is 29. The van der Waals surface area contributed by atoms with Crippen molar-refractivity contribution >= 4 is 11.9 Å². The summed E-state index contributed by atoms with van der Waals surface area (Å²) in [6.07, 6.45) is 79.4. The Labute approximate surface area is 544 Å². The maximum Gasteiger partial charge on any atom is 0.306 e. The summed E-state index contributed by atoms with van der Waals surface area (Å²) in [5.74, 6) is -1.21. The van der Waals surface area contributed by atoms with E-state index in [1.165, 1.54) is 109 Å². The lowest BCUT2D eigenvalue weighted by atomic mass is 9.99. The molecule has 1 amide bonds. The standard InChI is InChI=1S/C78H133NO10/c1-4-7-10-13-16-19-22-25-27-29-31-33-35-36-37-39-41-43-45-48-51-54-57-60-63-66-73(83)89-76-75(85)74(84)72(67-80)88-78(76)87-68-69(70(81)64-61-58-55-52-49-46-24-21-18-15-12-9-6-3)79-77(86)71(82)65-62-59-56-53-50-47-44-42-40-38-34-32-30-28-26-23-20-17-14-11-8-5-2/h7,10,16-17,19-20,25-28,31-34,36-37,40,42,61,64,69-72,74-76,78,80-82,84-85H,4-6,8-9,11-15,18,21-24,29-30,35,38-39,41,43-60,62-63,65-68H2,1-3H3,(H,79,86)/b10-7-,19-16-,20-17-,27-25-,28-26-,33-31-,34-32-,37-36-,42-40-,64-61+. The molecule has 1 rings (SSSR count). The number of aliphatic hydroxyl groups is 5. The number of hydrogen-bond donors (Lipinski definition) is 6. The number of esters is 1. The molecule has 1 saturated heterocycles. The predicted octanol–water partition coefficient (Wildman–Crippen LogP) is 19.0. The molecule has 510 valence electrons. The number of nitrogens with one attached hydrogen (secondary N) is 1. The number of carbonyl (C=O) groups excluding carboxylic acids is 2. The van der Waals surface area contributed by atoms with Gasteiger partial charge in [0.1, 0.15) is 24.4 Å². The van der Waals surface area contributed by atoms with E-state index in [0.717, 1.165) is 141 Å². The highest BCUT2D eigenvalue weighted by atomic mass is 16.7. The lowest BCUT2D eigenvalue weighted by Gasteiger charge is -2.41. The Hall–Kier alpha value is -3.94. The second kappa shape index (κ2) is 64.2. The van der Waals surface area contributed by atoms with Crippen LogP contribution in [0.5, 0.6) is 0 Å². The molecule has 8 atom stereocenters. The van der Waals surface area contributed by atoms with Gasteiger partial charge in [-0.2, -0.15) is 0 Å². The summed E-state index contributed by atoms with van der Waals surface area (Å²) in [7, 11) is 0. The summed E-state index contributed by atoms with van der Waals surface area (Å²) >= 11 is 0. The number of aliphatic hydroxyl groups excluding tert-OH is 5. The fourth-order valence-corrected chi connectivity index (χ4v) is 10.7. The second-order valence-electron chi connectivity index (χ2n) is 24.6. The molecule has 1 aliphatic rings.